The van der Waals surface area contributed by atoms with Gasteiger partial charge < -0.3 is 279 Å². The molecule has 11 rings (SSSR count). The molecule has 11 aliphatic rings. The highest BCUT2D eigenvalue weighted by Crippen LogP contribution is 2.42. The molecule has 0 saturated carbocycles. The number of carbonyl (C=O) groups excluding carboxylic acids is 6. The summed E-state index contributed by atoms with van der Waals surface area (Å²) in [6.07, 6.45) is -107. The second-order valence-electron chi connectivity index (χ2n) is 35.3. The summed E-state index contributed by atoms with van der Waals surface area (Å²) in [6, 6.07) is -11.6. The van der Waals surface area contributed by atoms with Gasteiger partial charge in [-0.15, -0.1) is 0 Å². The lowest BCUT2D eigenvalue weighted by Crippen LogP contribution is -2.71. The van der Waals surface area contributed by atoms with Gasteiger partial charge in [0.1, 0.15) is 268 Å². The Kier molecular flexibility index (Phi) is 41.7. The average Bonchev–Trinajstić information content (AvgIpc) is 1.43. The van der Waals surface area contributed by atoms with Gasteiger partial charge in [0.25, 0.3) is 0 Å². The normalized spacial score (nSPS) is 48.1. The lowest BCUT2D eigenvalue weighted by Gasteiger charge is -2.52. The average molecular weight is 2050 g/mol. The predicted octanol–water partition coefficient (Wildman–Crippen LogP) is -24.1. The van der Waals surface area contributed by atoms with Gasteiger partial charge in [-0.2, -0.15) is 0 Å². The Hall–Kier alpha value is -5.18. The highest BCUT2D eigenvalue weighted by molar-refractivity contribution is 5.75. The zero-order valence-corrected chi connectivity index (χ0v) is 75.5. The van der Waals surface area contributed by atoms with Crippen LogP contribution in [-0.4, -0.2) is 594 Å². The molecule has 0 aliphatic carbocycles. The van der Waals surface area contributed by atoms with E-state index in [0.717, 1.165) is 41.5 Å². The minimum absolute atomic E-state index is 0.837. The first kappa shape index (κ1) is 115. The van der Waals surface area contributed by atoms with Crippen LogP contribution in [-0.2, 0) is 128 Å². The number of amides is 6. The van der Waals surface area contributed by atoms with Crippen molar-refractivity contribution < 1.29 is 276 Å². The molecule has 0 bridgehead atoms. The van der Waals surface area contributed by atoms with E-state index in [1.807, 2.05) is 0 Å². The Morgan fingerprint density at radius 2 is 0.407 bits per heavy atom. The number of aliphatic hydroxyl groups excluding tert-OH is 29. The Balaban J connectivity index is 1.01. The van der Waals surface area contributed by atoms with E-state index >= 15 is 0 Å². The molecule has 140 heavy (non-hydrogen) atoms. The van der Waals surface area contributed by atoms with Crippen molar-refractivity contribution in [1.82, 2.24) is 31.9 Å². The molecule has 62 nitrogen and oxygen atoms in total. The molecule has 11 aliphatic heterocycles. The lowest BCUT2D eigenvalue weighted by atomic mass is 9.93. The van der Waals surface area contributed by atoms with Crippen molar-refractivity contribution in [2.24, 2.45) is 0 Å². The van der Waals surface area contributed by atoms with Crippen LogP contribution in [0.25, 0.3) is 0 Å². The second-order valence-corrected chi connectivity index (χ2v) is 35.3. The highest BCUT2D eigenvalue weighted by Gasteiger charge is 2.63. The molecule has 0 aromatic carbocycles. The molecule has 55 atom stereocenters. The Morgan fingerprint density at radius 1 is 0.186 bits per heavy atom. The fraction of sp³-hybridized carbons (Fsp3) is 0.923. The van der Waals surface area contributed by atoms with Gasteiger partial charge >= 0.3 is 0 Å². The van der Waals surface area contributed by atoms with Gasteiger partial charge in [0.2, 0.25) is 35.4 Å². The van der Waals surface area contributed by atoms with E-state index in [-0.39, 0.29) is 0 Å². The van der Waals surface area contributed by atoms with Crippen LogP contribution in [0.1, 0.15) is 41.5 Å². The molecule has 35 N–H and O–H groups in total. The third kappa shape index (κ3) is 25.8. The topological polar surface area (TPSA) is 955 Å². The standard InChI is InChI=1S/C78H130N6O56/c1-18(94)79-35-49(108)60(28(11-89)122-68(35)119)133-71-38(82-21(4)97)51(110)63(31(14-92)127-71)137-76-59(118)65(46(105)34(131-76)17-121-77-66(139-70-37(81-20(3)96)48(107)42(101)25(8-86)124-70)55(114)45(104)33(132-77)16-120-69-36(80-19(2)95)47(106)41(100)24(7-85)123-69)138-78-67(140-73-40(84-23(6)99)52(111)62(30(13-91)129-73)136-75-57(116)54(113)44(103)27(10-88)126-75)58(117)64(32(15-93)130-78)134-72-39(83-22(5)98)50(109)61(29(12-90)128-72)135-74-56(115)53(112)43(102)26(9-87)125-74/h24-78,85-93,100-119H,7-17H2,1-6H3,(H,79,94)(H,80,95)(H,81,96)(H,82,97)(H,83,98)(H,84,99)/t24-,25-,26-,27-,28-,29-,30-,31-,32-,33-,34-,35-,36-,37-,38-,39-,40+,41-,42-,43+,44+,45-,46-,47-,48-,49-,50-,51-,52-,53+,54+,55+,56-,57-,58+,59+,60-,61-,62-,63-,64-,65+,66+,67+,68-,69-,70+,71+,72+,73+,74+,75+,76+,77+,78-/m1/s1. The Morgan fingerprint density at radius 3 is 0.764 bits per heavy atom. The number of ether oxygens (including phenoxy) is 21. The predicted molar refractivity (Wildman–Crippen MR) is 432 cm³/mol. The third-order valence-corrected chi connectivity index (χ3v) is 25.4. The molecule has 62 heteroatoms. The van der Waals surface area contributed by atoms with Gasteiger partial charge in [-0.3, -0.25) is 28.8 Å². The van der Waals surface area contributed by atoms with E-state index < -0.39 is 446 Å². The largest absolute Gasteiger partial charge is 0.394 e. The van der Waals surface area contributed by atoms with Crippen molar-refractivity contribution >= 4 is 35.4 Å². The molecular formula is C78H130N6O56. The summed E-state index contributed by atoms with van der Waals surface area (Å²) in [6.45, 7) is -7.30. The van der Waals surface area contributed by atoms with Crippen LogP contribution in [0.2, 0.25) is 0 Å². The van der Waals surface area contributed by atoms with Crippen LogP contribution in [0.3, 0.4) is 0 Å². The molecule has 11 fully saturated rings. The molecule has 0 radical (unpaired) electrons. The maximum absolute atomic E-state index is 13.5. The molecule has 0 aromatic heterocycles. The van der Waals surface area contributed by atoms with E-state index in [0.29, 0.717) is 0 Å². The van der Waals surface area contributed by atoms with Crippen molar-refractivity contribution in [1.29, 1.82) is 0 Å². The van der Waals surface area contributed by atoms with Crippen LogP contribution < -0.4 is 31.9 Å². The van der Waals surface area contributed by atoms with Crippen molar-refractivity contribution in [3.63, 3.8) is 0 Å². The van der Waals surface area contributed by atoms with Crippen LogP contribution in [0.15, 0.2) is 0 Å². The van der Waals surface area contributed by atoms with Crippen LogP contribution >= 0.6 is 0 Å². The van der Waals surface area contributed by atoms with Crippen molar-refractivity contribution in [3.05, 3.63) is 0 Å². The third-order valence-electron chi connectivity index (χ3n) is 25.4. The summed E-state index contributed by atoms with van der Waals surface area (Å²) in [4.78, 5) is 77.7. The Labute approximate surface area is 792 Å². The van der Waals surface area contributed by atoms with Crippen molar-refractivity contribution in [2.75, 3.05) is 72.7 Å². The maximum atomic E-state index is 13.5. The SMILES string of the molecule is CC(=O)N[C@@H]1[C@H](O[C@@H]2[C@@H](O[C@@H]3[C@H](O)[C@H](O[C@H]4[C@H](O)[C@@H](NC(C)=O)[C@H](O[C@H]5[C@H](O)[C@@H](NC(C)=O)[C@H](O)O[C@@H]5CO)O[C@@H]4CO)O[C@H](CO[C@H]4O[C@H](CO[C@@H]5O[C@H](CO)[C@@H](O)[C@H](O)[C@H]5NC(C)=O)[C@@H](O)[C@H](O)[C@@H]4O[C@@H]4O[C@H](CO)[C@@H](O)[C@H](O)[C@H]4NC(C)=O)[C@H]3O)O[C@H](CO)[C@@H](O[C@@H]3O[C@H](CO)[C@@H](O[C@@H]4O[C@H](CO)[C@H](O)[C@H](O)[C@H]4O)[C@H](O)[C@H]3NC(C)=O)[C@@H]2O)O[C@H](CO)[C@@H](O[C@@H]2O[C@H](CO)[C@H](O)[C@H](O)[C@H]2O)[C@@H]1O. The van der Waals surface area contributed by atoms with Crippen molar-refractivity contribution in [2.45, 2.75) is 379 Å². The van der Waals surface area contributed by atoms with Gasteiger partial charge in [-0.1, -0.05) is 0 Å². The summed E-state index contributed by atoms with van der Waals surface area (Å²) < 4.78 is 127. The first-order chi connectivity index (χ1) is 66.2. The molecule has 6 amide bonds. The highest BCUT2D eigenvalue weighted by atomic mass is 16.8. The number of carbonyl (C=O) groups is 6. The van der Waals surface area contributed by atoms with E-state index in [9.17, 15) is 177 Å². The van der Waals surface area contributed by atoms with Crippen LogP contribution in [0.5, 0.6) is 0 Å². The molecule has 0 aromatic rings. The minimum Gasteiger partial charge on any atom is -0.394 e. The zero-order chi connectivity index (χ0) is 103. The smallest absolute Gasteiger partial charge is 0.217 e. The van der Waals surface area contributed by atoms with Gasteiger partial charge in [0.05, 0.1) is 72.7 Å². The molecular weight excluding hydrogens is 1920 g/mol. The minimum atomic E-state index is -2.78. The van der Waals surface area contributed by atoms with E-state index in [4.69, 9.17) is 99.5 Å². The van der Waals surface area contributed by atoms with Gasteiger partial charge in [0, 0.05) is 41.5 Å². The molecule has 0 unspecified atom stereocenters. The lowest BCUT2D eigenvalue weighted by molar-refractivity contribution is -0.406. The van der Waals surface area contributed by atoms with E-state index in [1.54, 1.807) is 0 Å². The second kappa shape index (κ2) is 50.7. The fourth-order valence-corrected chi connectivity index (χ4v) is 18.1. The number of aliphatic hydroxyl groups is 29. The summed E-state index contributed by atoms with van der Waals surface area (Å²) >= 11 is 0. The van der Waals surface area contributed by atoms with Crippen LogP contribution in [0, 0.1) is 0 Å². The Bertz CT molecular complexity index is 3910. The molecule has 11 saturated heterocycles. The molecule has 0 spiro atoms. The zero-order valence-electron chi connectivity index (χ0n) is 75.5. The number of rotatable bonds is 37. The van der Waals surface area contributed by atoms with Gasteiger partial charge in [-0.25, -0.2) is 0 Å². The number of hydrogen-bond donors (Lipinski definition) is 35. The maximum Gasteiger partial charge on any atom is 0.217 e. The molecule has 11 heterocycles. The quantitative estimate of drug-likeness (QED) is 0.0275. The summed E-state index contributed by atoms with van der Waals surface area (Å²) in [5.41, 5.74) is 0. The van der Waals surface area contributed by atoms with E-state index in [2.05, 4.69) is 31.9 Å². The molecule has 808 valence electrons. The fourth-order valence-electron chi connectivity index (χ4n) is 18.1. The monoisotopic (exact) mass is 2050 g/mol. The summed E-state index contributed by atoms with van der Waals surface area (Å²) in [5, 5.41) is 343. The van der Waals surface area contributed by atoms with Crippen LogP contribution in [0.4, 0.5) is 0 Å². The summed E-state index contributed by atoms with van der Waals surface area (Å²) in [5.74, 6) is -5.74. The first-order valence-corrected chi connectivity index (χ1v) is 44.6. The van der Waals surface area contributed by atoms with Gasteiger partial charge in [0.15, 0.2) is 69.2 Å². The van der Waals surface area contributed by atoms with E-state index in [1.165, 1.54) is 0 Å². The first-order valence-electron chi connectivity index (χ1n) is 44.6. The number of hydrogen-bond acceptors (Lipinski definition) is 56. The summed E-state index contributed by atoms with van der Waals surface area (Å²) in [7, 11) is 0. The number of nitrogens with one attached hydrogen (secondary N) is 6. The van der Waals surface area contributed by atoms with Gasteiger partial charge in [-0.05, 0) is 0 Å². The van der Waals surface area contributed by atoms with Crippen molar-refractivity contribution in [3.8, 4) is 0 Å².